The number of sulfonamides is 1. The van der Waals surface area contributed by atoms with Crippen molar-refractivity contribution in [2.75, 3.05) is 46.0 Å². The Morgan fingerprint density at radius 3 is 2.62 bits per heavy atom. The van der Waals surface area contributed by atoms with Crippen LogP contribution in [0.2, 0.25) is 0 Å². The number of carbonyl (C=O) groups is 1. The summed E-state index contributed by atoms with van der Waals surface area (Å²) in [5.41, 5.74) is 1.70. The maximum atomic E-state index is 14.4. The zero-order chi connectivity index (χ0) is 24.1. The summed E-state index contributed by atoms with van der Waals surface area (Å²) in [6.45, 7) is 6.54. The van der Waals surface area contributed by atoms with E-state index in [4.69, 9.17) is 9.47 Å². The van der Waals surface area contributed by atoms with E-state index in [1.54, 1.807) is 0 Å². The van der Waals surface area contributed by atoms with E-state index >= 15 is 0 Å². The second-order valence-corrected chi connectivity index (χ2v) is 10.5. The van der Waals surface area contributed by atoms with Crippen LogP contribution >= 0.6 is 0 Å². The molecule has 0 radical (unpaired) electrons. The third-order valence-electron chi connectivity index (χ3n) is 5.97. The number of amides is 1. The number of benzene rings is 2. The maximum Gasteiger partial charge on any atom is 0.254 e. The first-order chi connectivity index (χ1) is 16.3. The summed E-state index contributed by atoms with van der Waals surface area (Å²) in [6.07, 6.45) is 0.203. The zero-order valence-corrected chi connectivity index (χ0v) is 20.0. The Labute approximate surface area is 199 Å². The monoisotopic (exact) mass is 491 g/mol. The molecule has 2 heterocycles. The average molecular weight is 492 g/mol. The summed E-state index contributed by atoms with van der Waals surface area (Å²) in [5, 5.41) is 2.71. The van der Waals surface area contributed by atoms with Gasteiger partial charge in [-0.05, 0) is 36.2 Å². The van der Waals surface area contributed by atoms with Crippen molar-refractivity contribution in [2.45, 2.75) is 31.0 Å². The van der Waals surface area contributed by atoms with Gasteiger partial charge in [0.05, 0.1) is 36.4 Å². The summed E-state index contributed by atoms with van der Waals surface area (Å²) < 4.78 is 52.3. The van der Waals surface area contributed by atoms with Crippen LogP contribution in [0.3, 0.4) is 0 Å². The summed E-state index contributed by atoms with van der Waals surface area (Å²) in [4.78, 5) is 14.9. The largest absolute Gasteiger partial charge is 0.379 e. The van der Waals surface area contributed by atoms with E-state index in [2.05, 4.69) is 17.1 Å². The van der Waals surface area contributed by atoms with Crippen molar-refractivity contribution in [1.29, 1.82) is 0 Å². The molecule has 1 amide bonds. The molecule has 0 aliphatic carbocycles. The van der Waals surface area contributed by atoms with Gasteiger partial charge in [0.15, 0.2) is 0 Å². The first-order valence-electron chi connectivity index (χ1n) is 11.4. The summed E-state index contributed by atoms with van der Waals surface area (Å²) in [6, 6.07) is 11.2. The van der Waals surface area contributed by atoms with Crippen molar-refractivity contribution in [2.24, 2.45) is 0 Å². The van der Waals surface area contributed by atoms with Crippen molar-refractivity contribution in [1.82, 2.24) is 14.5 Å². The highest BCUT2D eigenvalue weighted by Gasteiger charge is 2.28. The summed E-state index contributed by atoms with van der Waals surface area (Å²) >= 11 is 0. The van der Waals surface area contributed by atoms with Gasteiger partial charge >= 0.3 is 0 Å². The van der Waals surface area contributed by atoms with Crippen LogP contribution in [-0.4, -0.2) is 75.6 Å². The number of morpholine rings is 2. The number of halogens is 1. The number of carbonyl (C=O) groups excluding carboxylic acids is 1. The quantitative estimate of drug-likeness (QED) is 0.638. The summed E-state index contributed by atoms with van der Waals surface area (Å²) in [5.74, 6) is -1.43. The Morgan fingerprint density at radius 1 is 1.09 bits per heavy atom. The van der Waals surface area contributed by atoms with Gasteiger partial charge in [-0.3, -0.25) is 9.69 Å². The first-order valence-corrected chi connectivity index (χ1v) is 12.8. The first kappa shape index (κ1) is 24.7. The average Bonchev–Trinajstić information content (AvgIpc) is 2.83. The van der Waals surface area contributed by atoms with Crippen LogP contribution < -0.4 is 5.32 Å². The van der Waals surface area contributed by atoms with E-state index in [0.29, 0.717) is 19.8 Å². The molecule has 8 nitrogen and oxygen atoms in total. The molecule has 1 atom stereocenters. The van der Waals surface area contributed by atoms with Crippen LogP contribution in [0.4, 0.5) is 4.39 Å². The third-order valence-corrected chi connectivity index (χ3v) is 7.86. The predicted molar refractivity (Wildman–Crippen MR) is 124 cm³/mol. The van der Waals surface area contributed by atoms with Crippen LogP contribution in [0.15, 0.2) is 47.4 Å². The van der Waals surface area contributed by atoms with Crippen molar-refractivity contribution in [3.63, 3.8) is 0 Å². The molecule has 1 N–H and O–H groups in total. The van der Waals surface area contributed by atoms with E-state index in [9.17, 15) is 17.6 Å². The molecule has 0 saturated carbocycles. The molecule has 34 heavy (non-hydrogen) atoms. The molecule has 0 bridgehead atoms. The smallest absolute Gasteiger partial charge is 0.254 e. The van der Waals surface area contributed by atoms with Crippen LogP contribution in [0.5, 0.6) is 0 Å². The molecule has 1 unspecified atom stereocenters. The molecule has 4 rings (SSSR count). The number of nitrogens with zero attached hydrogens (tertiary/aromatic N) is 2. The lowest BCUT2D eigenvalue weighted by Gasteiger charge is -2.31. The van der Waals surface area contributed by atoms with Gasteiger partial charge in [0.2, 0.25) is 10.0 Å². The number of ether oxygens (including phenoxy) is 2. The highest BCUT2D eigenvalue weighted by molar-refractivity contribution is 7.89. The molecule has 2 fully saturated rings. The Balaban J connectivity index is 1.41. The molecule has 2 aromatic carbocycles. The number of hydrogen-bond donors (Lipinski definition) is 1. The van der Waals surface area contributed by atoms with E-state index in [1.807, 2.05) is 24.3 Å². The van der Waals surface area contributed by atoms with Gasteiger partial charge in [0, 0.05) is 39.3 Å². The molecule has 0 spiro atoms. The molecule has 10 heteroatoms. The fraction of sp³-hybridized carbons (Fsp3) is 0.458. The van der Waals surface area contributed by atoms with Crippen molar-refractivity contribution < 1.29 is 27.1 Å². The highest BCUT2D eigenvalue weighted by atomic mass is 32.2. The topological polar surface area (TPSA) is 88.2 Å². The lowest BCUT2D eigenvalue weighted by Crippen LogP contribution is -2.40. The van der Waals surface area contributed by atoms with Gasteiger partial charge in [0.1, 0.15) is 5.82 Å². The second-order valence-electron chi connectivity index (χ2n) is 8.58. The van der Waals surface area contributed by atoms with E-state index in [-0.39, 0.29) is 36.2 Å². The summed E-state index contributed by atoms with van der Waals surface area (Å²) in [7, 11) is -3.83. The van der Waals surface area contributed by atoms with Crippen LogP contribution in [0, 0.1) is 5.82 Å². The van der Waals surface area contributed by atoms with E-state index in [1.165, 1.54) is 10.4 Å². The Hall–Kier alpha value is -2.37. The van der Waals surface area contributed by atoms with Crippen molar-refractivity contribution in [3.05, 3.63) is 65.0 Å². The minimum Gasteiger partial charge on any atom is -0.379 e. The predicted octanol–water partition coefficient (Wildman–Crippen LogP) is 2.00. The maximum absolute atomic E-state index is 14.4. The van der Waals surface area contributed by atoms with Crippen LogP contribution in [-0.2, 0) is 32.6 Å². The molecular weight excluding hydrogens is 461 g/mol. The fourth-order valence-corrected chi connectivity index (χ4v) is 5.62. The minimum absolute atomic E-state index is 0.109. The van der Waals surface area contributed by atoms with Gasteiger partial charge in [-0.2, -0.15) is 4.31 Å². The molecular formula is C24H30FN3O5S. The normalized spacial score (nSPS) is 20.2. The number of nitrogens with one attached hydrogen (secondary N) is 1. The Morgan fingerprint density at radius 2 is 1.85 bits per heavy atom. The molecule has 2 aromatic rings. The van der Waals surface area contributed by atoms with E-state index < -0.39 is 21.7 Å². The lowest BCUT2D eigenvalue weighted by atomic mass is 10.1. The zero-order valence-electron chi connectivity index (χ0n) is 19.2. The number of rotatable bonds is 7. The van der Waals surface area contributed by atoms with Gasteiger partial charge in [-0.15, -0.1) is 0 Å². The second kappa shape index (κ2) is 10.9. The molecule has 0 aromatic heterocycles. The molecule has 2 saturated heterocycles. The van der Waals surface area contributed by atoms with Gasteiger partial charge in [-0.1, -0.05) is 24.3 Å². The highest BCUT2D eigenvalue weighted by Crippen LogP contribution is 2.20. The molecule has 184 valence electrons. The SMILES string of the molecule is CC1CN(Cc2cccc(CNC(=O)c3cc(S(=O)(=O)N4CCOCC4)ccc3F)c2)CCO1. The van der Waals surface area contributed by atoms with Gasteiger partial charge in [-0.25, -0.2) is 12.8 Å². The van der Waals surface area contributed by atoms with E-state index in [0.717, 1.165) is 42.9 Å². The standard InChI is InChI=1S/C24H30FN3O5S/c1-18-16-27(7-12-33-18)17-20-4-2-3-19(13-20)15-26-24(29)22-14-21(5-6-23(22)25)34(30,31)28-8-10-32-11-9-28/h2-6,13-14,18H,7-12,15-17H2,1H3,(H,26,29). The lowest BCUT2D eigenvalue weighted by molar-refractivity contribution is -0.0212. The van der Waals surface area contributed by atoms with Crippen LogP contribution in [0.1, 0.15) is 28.4 Å². The van der Waals surface area contributed by atoms with Gasteiger partial charge < -0.3 is 14.8 Å². The van der Waals surface area contributed by atoms with Gasteiger partial charge in [0.25, 0.3) is 5.91 Å². The van der Waals surface area contributed by atoms with Crippen molar-refractivity contribution in [3.8, 4) is 0 Å². The van der Waals surface area contributed by atoms with Crippen LogP contribution in [0.25, 0.3) is 0 Å². The molecule has 2 aliphatic heterocycles. The fourth-order valence-electron chi connectivity index (χ4n) is 4.18. The minimum atomic E-state index is -3.83. The third kappa shape index (κ3) is 6.00. The Kier molecular flexibility index (Phi) is 7.95. The van der Waals surface area contributed by atoms with Crippen molar-refractivity contribution >= 4 is 15.9 Å². The number of hydrogen-bond acceptors (Lipinski definition) is 6. The Bertz CT molecular complexity index is 1120. The molecule has 2 aliphatic rings.